The number of aryl methyl sites for hydroxylation is 1. The molecule has 142 valence electrons. The summed E-state index contributed by atoms with van der Waals surface area (Å²) in [6, 6.07) is 4.41. The van der Waals surface area contributed by atoms with Gasteiger partial charge in [0.1, 0.15) is 5.82 Å². The van der Waals surface area contributed by atoms with Crippen LogP contribution in [0.3, 0.4) is 0 Å². The molecule has 1 aliphatic carbocycles. The van der Waals surface area contributed by atoms with E-state index in [4.69, 9.17) is 0 Å². The lowest BCUT2D eigenvalue weighted by Gasteiger charge is -2.29. The Balaban J connectivity index is 0.00000196. The minimum absolute atomic E-state index is 0. The van der Waals surface area contributed by atoms with E-state index in [2.05, 4.69) is 37.0 Å². The Morgan fingerprint density at radius 3 is 2.85 bits per heavy atom. The number of hydrogen-bond acceptors (Lipinski definition) is 5. The highest BCUT2D eigenvalue weighted by Gasteiger charge is 2.56. The molecule has 2 N–H and O–H groups in total. The fraction of sp³-hybridized carbons (Fsp3) is 0.579. The molecular weight excluding hydrogens is 368 g/mol. The van der Waals surface area contributed by atoms with Gasteiger partial charge in [0.2, 0.25) is 0 Å². The first-order chi connectivity index (χ1) is 12.2. The minimum atomic E-state index is -0.0373. The van der Waals surface area contributed by atoms with Gasteiger partial charge < -0.3 is 10.3 Å². The van der Waals surface area contributed by atoms with Gasteiger partial charge in [-0.1, -0.05) is 6.92 Å². The van der Waals surface area contributed by atoms with Crippen LogP contribution in [0.5, 0.6) is 0 Å². The van der Waals surface area contributed by atoms with Crippen LogP contribution < -0.4 is 10.9 Å². The summed E-state index contributed by atoms with van der Waals surface area (Å²) in [6.45, 7) is 5.95. The van der Waals surface area contributed by atoms with Gasteiger partial charge >= 0.3 is 0 Å². The fourth-order valence-corrected chi connectivity index (χ4v) is 4.87. The van der Waals surface area contributed by atoms with Gasteiger partial charge in [-0.3, -0.25) is 9.69 Å². The molecule has 1 spiro atoms. The zero-order valence-electron chi connectivity index (χ0n) is 15.2. The SMILES string of the molecule is CCc1cc(=O)[nH]c(CN(Cc2ccsc2)C2CC23CCNCC3)n1.Cl. The summed E-state index contributed by atoms with van der Waals surface area (Å²) in [5.74, 6) is 0.801. The third-order valence-electron chi connectivity index (χ3n) is 5.71. The Morgan fingerprint density at radius 1 is 1.35 bits per heavy atom. The van der Waals surface area contributed by atoms with E-state index in [1.165, 1.54) is 24.8 Å². The van der Waals surface area contributed by atoms with E-state index < -0.39 is 0 Å². The van der Waals surface area contributed by atoms with E-state index in [0.717, 1.165) is 44.1 Å². The smallest absolute Gasteiger partial charge is 0.251 e. The van der Waals surface area contributed by atoms with Crippen molar-refractivity contribution in [3.63, 3.8) is 0 Å². The van der Waals surface area contributed by atoms with Gasteiger partial charge in [-0.15, -0.1) is 12.4 Å². The molecule has 3 heterocycles. The van der Waals surface area contributed by atoms with Gasteiger partial charge in [0.05, 0.1) is 6.54 Å². The molecule has 5 nitrogen and oxygen atoms in total. The lowest BCUT2D eigenvalue weighted by atomic mass is 9.93. The Labute approximate surface area is 164 Å². The predicted molar refractivity (Wildman–Crippen MR) is 108 cm³/mol. The van der Waals surface area contributed by atoms with E-state index in [9.17, 15) is 4.79 Å². The number of rotatable bonds is 6. The van der Waals surface area contributed by atoms with Gasteiger partial charge in [0, 0.05) is 24.3 Å². The molecule has 0 radical (unpaired) electrons. The average molecular weight is 395 g/mol. The molecule has 2 aromatic heterocycles. The predicted octanol–water partition coefficient (Wildman–Crippen LogP) is 2.96. The number of H-pyrrole nitrogens is 1. The first kappa shape index (κ1) is 19.5. The van der Waals surface area contributed by atoms with E-state index in [1.54, 1.807) is 17.4 Å². The zero-order valence-corrected chi connectivity index (χ0v) is 16.8. The van der Waals surface area contributed by atoms with Crippen LogP contribution in [0, 0.1) is 5.41 Å². The fourth-order valence-electron chi connectivity index (χ4n) is 4.21. The summed E-state index contributed by atoms with van der Waals surface area (Å²) in [5.41, 5.74) is 2.67. The number of aromatic nitrogens is 2. The van der Waals surface area contributed by atoms with Crippen molar-refractivity contribution in [2.24, 2.45) is 5.41 Å². The topological polar surface area (TPSA) is 61.0 Å². The molecule has 0 aromatic carbocycles. The Kier molecular flexibility index (Phi) is 6.17. The third-order valence-corrected chi connectivity index (χ3v) is 6.44. The zero-order chi connectivity index (χ0) is 17.3. The molecule has 4 rings (SSSR count). The molecule has 7 heteroatoms. The van der Waals surface area contributed by atoms with Gasteiger partial charge in [-0.2, -0.15) is 11.3 Å². The number of piperidine rings is 1. The van der Waals surface area contributed by atoms with Crippen molar-refractivity contribution in [3.05, 3.63) is 50.3 Å². The molecule has 2 aliphatic rings. The molecule has 2 aromatic rings. The molecule has 2 fully saturated rings. The van der Waals surface area contributed by atoms with Crippen LogP contribution in [0.2, 0.25) is 0 Å². The van der Waals surface area contributed by atoms with Crippen molar-refractivity contribution in [2.75, 3.05) is 13.1 Å². The molecule has 1 saturated carbocycles. The lowest BCUT2D eigenvalue weighted by molar-refractivity contribution is 0.184. The van der Waals surface area contributed by atoms with E-state index in [-0.39, 0.29) is 18.0 Å². The van der Waals surface area contributed by atoms with E-state index in [1.807, 2.05) is 6.92 Å². The second-order valence-electron chi connectivity index (χ2n) is 7.41. The molecule has 0 amide bonds. The molecular formula is C19H27ClN4OS. The number of halogens is 1. The molecule has 1 saturated heterocycles. The second-order valence-corrected chi connectivity index (χ2v) is 8.19. The quantitative estimate of drug-likeness (QED) is 0.790. The molecule has 1 atom stereocenters. The normalized spacial score (nSPS) is 20.9. The second kappa shape index (κ2) is 8.21. The van der Waals surface area contributed by atoms with Crippen LogP contribution in [0.25, 0.3) is 0 Å². The Bertz CT molecular complexity index is 770. The summed E-state index contributed by atoms with van der Waals surface area (Å²) < 4.78 is 0. The molecule has 0 bridgehead atoms. The maximum absolute atomic E-state index is 11.9. The van der Waals surface area contributed by atoms with Gasteiger partial charge in [-0.05, 0) is 66.6 Å². The van der Waals surface area contributed by atoms with Crippen molar-refractivity contribution in [1.29, 1.82) is 0 Å². The van der Waals surface area contributed by atoms with Gasteiger partial charge in [0.15, 0.2) is 0 Å². The highest BCUT2D eigenvalue weighted by molar-refractivity contribution is 7.07. The van der Waals surface area contributed by atoms with Crippen LogP contribution in [-0.4, -0.2) is 34.0 Å². The largest absolute Gasteiger partial charge is 0.317 e. The van der Waals surface area contributed by atoms with Crippen LogP contribution in [0.4, 0.5) is 0 Å². The Morgan fingerprint density at radius 2 is 2.15 bits per heavy atom. The van der Waals surface area contributed by atoms with Gasteiger partial charge in [0.25, 0.3) is 5.56 Å². The van der Waals surface area contributed by atoms with Crippen molar-refractivity contribution in [3.8, 4) is 0 Å². The Hall–Kier alpha value is -1.21. The van der Waals surface area contributed by atoms with Crippen LogP contribution in [-0.2, 0) is 19.5 Å². The van der Waals surface area contributed by atoms with Crippen LogP contribution in [0.1, 0.15) is 43.3 Å². The molecule has 1 aliphatic heterocycles. The van der Waals surface area contributed by atoms with Crippen molar-refractivity contribution >= 4 is 23.7 Å². The summed E-state index contributed by atoms with van der Waals surface area (Å²) in [5, 5.41) is 7.84. The number of aromatic amines is 1. The maximum Gasteiger partial charge on any atom is 0.251 e. The number of nitrogens with one attached hydrogen (secondary N) is 2. The first-order valence-corrected chi connectivity index (χ1v) is 10.2. The average Bonchev–Trinajstić information content (AvgIpc) is 3.04. The summed E-state index contributed by atoms with van der Waals surface area (Å²) in [4.78, 5) is 22.1. The monoisotopic (exact) mass is 394 g/mol. The first-order valence-electron chi connectivity index (χ1n) is 9.23. The van der Waals surface area contributed by atoms with E-state index >= 15 is 0 Å². The van der Waals surface area contributed by atoms with Gasteiger partial charge in [-0.25, -0.2) is 4.98 Å². The molecule has 26 heavy (non-hydrogen) atoms. The summed E-state index contributed by atoms with van der Waals surface area (Å²) in [7, 11) is 0. The van der Waals surface area contributed by atoms with Crippen molar-refractivity contribution in [2.45, 2.75) is 51.7 Å². The number of thiophene rings is 1. The highest BCUT2D eigenvalue weighted by atomic mass is 35.5. The highest BCUT2D eigenvalue weighted by Crippen LogP contribution is 2.56. The summed E-state index contributed by atoms with van der Waals surface area (Å²) >= 11 is 1.75. The molecule has 1 unspecified atom stereocenters. The maximum atomic E-state index is 11.9. The van der Waals surface area contributed by atoms with E-state index in [0.29, 0.717) is 11.5 Å². The van der Waals surface area contributed by atoms with Crippen LogP contribution >= 0.6 is 23.7 Å². The van der Waals surface area contributed by atoms with Crippen LogP contribution in [0.15, 0.2) is 27.7 Å². The third kappa shape index (κ3) is 4.19. The number of nitrogens with zero attached hydrogens (tertiary/aromatic N) is 2. The standard InChI is InChI=1S/C19H26N4OS.ClH/c1-2-15-9-18(24)22-17(21-15)12-23(11-14-3-8-25-13-14)16-10-19(16)4-6-20-7-5-19;/h3,8-9,13,16,20H,2,4-7,10-12H2,1H3,(H,21,22,24);1H. The van der Waals surface area contributed by atoms with Crippen molar-refractivity contribution < 1.29 is 0 Å². The minimum Gasteiger partial charge on any atom is -0.317 e. The number of hydrogen-bond donors (Lipinski definition) is 2. The summed E-state index contributed by atoms with van der Waals surface area (Å²) in [6.07, 6.45) is 4.59. The lowest BCUT2D eigenvalue weighted by Crippen LogP contribution is -2.36. The van der Waals surface area contributed by atoms with Crippen molar-refractivity contribution in [1.82, 2.24) is 20.2 Å².